The summed E-state index contributed by atoms with van der Waals surface area (Å²) in [5.41, 5.74) is 2.99. The summed E-state index contributed by atoms with van der Waals surface area (Å²) >= 11 is 2.04. The topological polar surface area (TPSA) is 9.72 Å². The predicted molar refractivity (Wildman–Crippen MR) is 92.2 cm³/mol. The van der Waals surface area contributed by atoms with Gasteiger partial charge in [-0.15, -0.1) is 0 Å². The maximum atomic E-state index is 2.69. The molecule has 5 aliphatic rings. The quantitative estimate of drug-likeness (QED) is 0.775. The number of hydrogen-bond donors (Lipinski definition) is 0. The largest absolute Gasteiger partial charge is 0.372 e. The van der Waals surface area contributed by atoms with Gasteiger partial charge < -0.3 is 9.80 Å². The highest BCUT2D eigenvalue weighted by molar-refractivity contribution is 7.97. The summed E-state index contributed by atoms with van der Waals surface area (Å²) < 4.78 is 2.69. The first kappa shape index (κ1) is 13.7. The fourth-order valence-electron chi connectivity index (χ4n) is 4.70. The molecule has 0 aromatic heterocycles. The summed E-state index contributed by atoms with van der Waals surface area (Å²) in [5.74, 6) is 0.935. The maximum absolute atomic E-state index is 2.69. The van der Waals surface area contributed by atoms with Crippen LogP contribution in [0.4, 0.5) is 5.69 Å². The summed E-state index contributed by atoms with van der Waals surface area (Å²) in [6.07, 6.45) is 5.54. The van der Waals surface area contributed by atoms with Crippen LogP contribution in [0.2, 0.25) is 0 Å². The molecule has 4 saturated heterocycles. The Kier molecular flexibility index (Phi) is 3.38. The molecule has 1 aromatic rings. The Morgan fingerprint density at radius 1 is 1.00 bits per heavy atom. The lowest BCUT2D eigenvalue weighted by Crippen LogP contribution is -2.54. The van der Waals surface area contributed by atoms with E-state index < -0.39 is 0 Å². The number of nitrogens with zero attached hydrogens (tertiary/aromatic N) is 3. The van der Waals surface area contributed by atoms with Crippen LogP contribution >= 0.6 is 11.9 Å². The normalized spacial score (nSPS) is 34.4. The summed E-state index contributed by atoms with van der Waals surface area (Å²) in [6, 6.07) is 7.96. The van der Waals surface area contributed by atoms with E-state index in [1.807, 2.05) is 11.9 Å². The van der Waals surface area contributed by atoms with E-state index in [1.165, 1.54) is 69.0 Å². The molecule has 4 fully saturated rings. The molecular weight excluding hydrogens is 290 g/mol. The molecule has 22 heavy (non-hydrogen) atoms. The molecule has 0 radical (unpaired) electrons. The van der Waals surface area contributed by atoms with Crippen molar-refractivity contribution in [3.63, 3.8) is 0 Å². The highest BCUT2D eigenvalue weighted by Gasteiger charge is 2.39. The van der Waals surface area contributed by atoms with Crippen LogP contribution in [-0.2, 0) is 6.54 Å². The monoisotopic (exact) mass is 315 g/mol. The number of fused-ring (bicyclic) bond motifs is 4. The van der Waals surface area contributed by atoms with Gasteiger partial charge in [0.15, 0.2) is 0 Å². The molecular formula is C18H25N3S. The molecule has 4 heteroatoms. The van der Waals surface area contributed by atoms with Crippen LogP contribution < -0.4 is 4.90 Å². The zero-order valence-electron chi connectivity index (χ0n) is 13.2. The van der Waals surface area contributed by atoms with Gasteiger partial charge in [0.2, 0.25) is 0 Å². The minimum atomic E-state index is 0.773. The molecule has 5 aliphatic heterocycles. The van der Waals surface area contributed by atoms with Crippen LogP contribution in [0.25, 0.3) is 0 Å². The summed E-state index contributed by atoms with van der Waals surface area (Å²) in [5, 5.41) is 0. The van der Waals surface area contributed by atoms with E-state index in [0.29, 0.717) is 0 Å². The minimum absolute atomic E-state index is 0.773. The van der Waals surface area contributed by atoms with E-state index in [2.05, 4.69) is 32.3 Å². The van der Waals surface area contributed by atoms with Crippen molar-refractivity contribution in [2.24, 2.45) is 5.92 Å². The maximum Gasteiger partial charge on any atom is 0.0378 e. The van der Waals surface area contributed by atoms with Crippen molar-refractivity contribution in [2.45, 2.75) is 43.2 Å². The lowest BCUT2D eigenvalue weighted by Gasteiger charge is -2.47. The Balaban J connectivity index is 1.34. The van der Waals surface area contributed by atoms with Gasteiger partial charge in [0, 0.05) is 42.8 Å². The standard InChI is InChI=1S/C18H25N3S/c1-2-8-20(7-1)16-4-3-15-12-21(22-18(15)11-16)17-13-19-9-5-14(17)6-10-19/h3-4,11,14,17H,1-2,5-10,12-13H2/t17-/m1/s1. The predicted octanol–water partition coefficient (Wildman–Crippen LogP) is 3.20. The van der Waals surface area contributed by atoms with Crippen molar-refractivity contribution in [1.82, 2.24) is 9.21 Å². The Morgan fingerprint density at radius 3 is 2.55 bits per heavy atom. The molecule has 5 heterocycles. The van der Waals surface area contributed by atoms with Gasteiger partial charge in [0.1, 0.15) is 0 Å². The number of anilines is 1. The summed E-state index contributed by atoms with van der Waals surface area (Å²) in [6.45, 7) is 7.61. The molecule has 0 saturated carbocycles. The third kappa shape index (κ3) is 2.27. The third-order valence-electron chi connectivity index (χ3n) is 6.06. The number of benzene rings is 1. The molecule has 118 valence electrons. The second-order valence-electron chi connectivity index (χ2n) is 7.36. The lowest BCUT2D eigenvalue weighted by atomic mass is 9.84. The van der Waals surface area contributed by atoms with Gasteiger partial charge in [-0.3, -0.25) is 0 Å². The van der Waals surface area contributed by atoms with Gasteiger partial charge in [-0.1, -0.05) is 6.07 Å². The van der Waals surface area contributed by atoms with Crippen molar-refractivity contribution >= 4 is 17.6 Å². The van der Waals surface area contributed by atoms with Gasteiger partial charge >= 0.3 is 0 Å². The molecule has 0 aliphatic carbocycles. The first-order valence-corrected chi connectivity index (χ1v) is 9.69. The van der Waals surface area contributed by atoms with Crippen molar-refractivity contribution in [2.75, 3.05) is 37.6 Å². The third-order valence-corrected chi connectivity index (χ3v) is 7.27. The average Bonchev–Trinajstić information content (AvgIpc) is 3.24. The fraction of sp³-hybridized carbons (Fsp3) is 0.667. The highest BCUT2D eigenvalue weighted by atomic mass is 32.2. The molecule has 0 N–H and O–H groups in total. The first-order valence-electron chi connectivity index (χ1n) is 8.92. The van der Waals surface area contributed by atoms with E-state index in [1.54, 1.807) is 5.56 Å². The second kappa shape index (κ2) is 5.43. The highest BCUT2D eigenvalue weighted by Crippen LogP contribution is 2.44. The van der Waals surface area contributed by atoms with Crippen LogP contribution in [0.3, 0.4) is 0 Å². The van der Waals surface area contributed by atoms with Crippen LogP contribution in [-0.4, -0.2) is 48.0 Å². The first-order chi connectivity index (χ1) is 10.9. The van der Waals surface area contributed by atoms with E-state index in [-0.39, 0.29) is 0 Å². The van der Waals surface area contributed by atoms with Crippen molar-refractivity contribution in [3.8, 4) is 0 Å². The Bertz CT molecular complexity index is 561. The van der Waals surface area contributed by atoms with Crippen LogP contribution in [0.1, 0.15) is 31.2 Å². The van der Waals surface area contributed by atoms with E-state index in [0.717, 1.165) is 18.5 Å². The minimum Gasteiger partial charge on any atom is -0.372 e. The van der Waals surface area contributed by atoms with E-state index in [4.69, 9.17) is 0 Å². The zero-order chi connectivity index (χ0) is 14.5. The van der Waals surface area contributed by atoms with Crippen molar-refractivity contribution < 1.29 is 0 Å². The molecule has 1 aromatic carbocycles. The van der Waals surface area contributed by atoms with Gasteiger partial charge in [-0.2, -0.15) is 0 Å². The Labute approximate surface area is 137 Å². The Morgan fingerprint density at radius 2 is 1.82 bits per heavy atom. The lowest BCUT2D eigenvalue weighted by molar-refractivity contribution is 0.0420. The number of hydrogen-bond acceptors (Lipinski definition) is 4. The number of piperidine rings is 3. The van der Waals surface area contributed by atoms with Crippen LogP contribution in [0.15, 0.2) is 23.1 Å². The van der Waals surface area contributed by atoms with E-state index in [9.17, 15) is 0 Å². The Hall–Kier alpha value is -0.710. The second-order valence-corrected chi connectivity index (χ2v) is 8.45. The smallest absolute Gasteiger partial charge is 0.0378 e. The number of rotatable bonds is 2. The molecule has 3 nitrogen and oxygen atoms in total. The van der Waals surface area contributed by atoms with Crippen molar-refractivity contribution in [3.05, 3.63) is 23.8 Å². The van der Waals surface area contributed by atoms with Gasteiger partial charge in [0.25, 0.3) is 0 Å². The SMILES string of the molecule is c1cc2c(cc1N1CCCC1)SN([C@@H]1CN3CCC1CC3)C2. The van der Waals surface area contributed by atoms with Gasteiger partial charge in [-0.25, -0.2) is 4.31 Å². The molecule has 0 spiro atoms. The van der Waals surface area contributed by atoms with E-state index >= 15 is 0 Å². The molecule has 2 bridgehead atoms. The zero-order valence-corrected chi connectivity index (χ0v) is 14.0. The van der Waals surface area contributed by atoms with Crippen LogP contribution in [0.5, 0.6) is 0 Å². The van der Waals surface area contributed by atoms with Crippen molar-refractivity contribution in [1.29, 1.82) is 0 Å². The van der Waals surface area contributed by atoms with Gasteiger partial charge in [-0.05, 0) is 74.3 Å². The average molecular weight is 315 g/mol. The van der Waals surface area contributed by atoms with Gasteiger partial charge in [0.05, 0.1) is 0 Å². The molecule has 1 atom stereocenters. The molecule has 0 unspecified atom stereocenters. The molecule has 6 rings (SSSR count). The summed E-state index contributed by atoms with van der Waals surface area (Å²) in [4.78, 5) is 6.74. The summed E-state index contributed by atoms with van der Waals surface area (Å²) in [7, 11) is 0. The van der Waals surface area contributed by atoms with Crippen LogP contribution in [0, 0.1) is 5.92 Å². The fourth-order valence-corrected chi connectivity index (χ4v) is 5.96. The molecule has 0 amide bonds.